The highest BCUT2D eigenvalue weighted by Gasteiger charge is 2.23. The number of carbonyl (C=O) groups is 17. The Balaban J connectivity index is -0.000000136. The molecule has 0 spiro atoms. The fourth-order valence-electron chi connectivity index (χ4n) is 7.04. The number of nitrogens with two attached hydrogens (primary N) is 16. The third-order valence-corrected chi connectivity index (χ3v) is 16.4. The largest absolute Gasteiger partial charge is 0.508 e. The van der Waals surface area contributed by atoms with Crippen LogP contribution in [0.4, 0.5) is 0 Å². The topological polar surface area (TPSA) is 1130 Å². The van der Waals surface area contributed by atoms with Crippen LogP contribution in [0.1, 0.15) is 149 Å². The minimum atomic E-state index is -1.18. The van der Waals surface area contributed by atoms with E-state index in [-0.39, 0.29) is 68.7 Å². The van der Waals surface area contributed by atoms with Gasteiger partial charge in [-0.1, -0.05) is 96.8 Å². The number of unbranched alkanes of at least 4 members (excludes halogenated alkanes) is 1. The molecule has 0 unspecified atom stereocenters. The van der Waals surface area contributed by atoms with Crippen LogP contribution in [0.25, 0.3) is 0 Å². The number of phenolic OH excluding ortho intramolecular Hbond substituents is 1. The summed E-state index contributed by atoms with van der Waals surface area (Å²) >= 11 is 1.60. The van der Waals surface area contributed by atoms with Gasteiger partial charge in [-0.3, -0.25) is 81.5 Å². The second-order valence-corrected chi connectivity index (χ2v) is 29.8. The Morgan fingerprint density at radius 2 is 0.822 bits per heavy atom. The molecule has 3 aromatic rings. The summed E-state index contributed by atoms with van der Waals surface area (Å²) in [6.45, 7) is 14.6. The summed E-state index contributed by atoms with van der Waals surface area (Å²) in [7, 11) is 0. The number of phenols is 1. The molecule has 2 heterocycles. The second kappa shape index (κ2) is 91.2. The maximum atomic E-state index is 10.4. The van der Waals surface area contributed by atoms with Crippen LogP contribution in [0.2, 0.25) is 0 Å². The van der Waals surface area contributed by atoms with E-state index in [4.69, 9.17) is 183 Å². The van der Waals surface area contributed by atoms with Crippen LogP contribution in [0, 0.1) is 17.8 Å². The Morgan fingerprint density at radius 1 is 0.452 bits per heavy atom. The first-order valence-corrected chi connectivity index (χ1v) is 41.9. The maximum Gasteiger partial charge on any atom is 0.323 e. The molecule has 0 aliphatic carbocycles. The summed E-state index contributed by atoms with van der Waals surface area (Å²) in [4.78, 5) is 177. The van der Waals surface area contributed by atoms with Gasteiger partial charge in [-0.15, -0.1) is 0 Å². The number of aliphatic hydroxyl groups excluding tert-OH is 2. The van der Waals surface area contributed by atoms with Crippen molar-refractivity contribution in [2.45, 2.75) is 242 Å². The Bertz CT molecular complexity index is 3640. The molecule has 2 aromatic carbocycles. The molecule has 782 valence electrons. The van der Waals surface area contributed by atoms with E-state index in [1.165, 1.54) is 32.3 Å². The molecule has 1 aliphatic heterocycles. The van der Waals surface area contributed by atoms with Crippen LogP contribution in [-0.4, -0.2) is 337 Å². The second-order valence-electron chi connectivity index (χ2n) is 28.8. The molecule has 0 radical (unpaired) electrons. The number of nitrogens with one attached hydrogen (secondary N) is 2. The SMILES string of the molecule is CC(C)C[C@H](N)C(=O)O.CC(C)[C@H](N)C(=O)O.CC[C@H](C)[C@H](N)C(=O)O.CSCC[C@H](N)C(=O)O.C[C@@H](O)[C@H](N)C(=O)O.C[C@H](N)C(=O)O.NC(=O)CC[C@H](N)C(=O)O.NCC(=O)O.NCCCC[C@H](N)C(=O)O.N[C@@H](CCC(=O)O)C(=O)O.N[C@@H](CO)C(=O)O.N[C@@H](Cc1ccc(O)cc1)C(=O)O.N[C@@H](Cc1ccccc1)C(=O)O.N[C@@H](Cc1cnc[nH]1)C(=O)O.O=C(O)[C@@H]1CCCN1. The first-order valence-electron chi connectivity index (χ1n) is 40.5. The lowest BCUT2D eigenvalue weighted by molar-refractivity contribution is -0.141. The van der Waals surface area contributed by atoms with Gasteiger partial charge < -0.3 is 199 Å². The van der Waals surface area contributed by atoms with Crippen molar-refractivity contribution < 1.29 is 179 Å². The molecule has 1 amide bonds. The number of carbonyl (C=O) groups excluding carboxylic acids is 1. The molecule has 135 heavy (non-hydrogen) atoms. The molecular weight excluding hydrogens is 1820 g/mol. The summed E-state index contributed by atoms with van der Waals surface area (Å²) in [5.41, 5.74) is 83.6. The number of aromatic hydroxyl groups is 1. The fraction of sp³-hybridized carbons (Fsp3) is 0.595. The standard InChI is InChI=1S/C9H11NO3.C9H11NO2.C6H9N3O2.C6H14N2O2.2C6H13NO2.C5H10N2O3.C5H9NO4.C5H11NO2S.C5H9NO2.C5H11NO2.C4H9NO3.C3H7NO3.C3H7NO2.C2H5NO2/c10-8(9(12)13)5-6-1-3-7(11)4-2-6;10-8(9(11)12)6-7-4-2-1-3-5-7;7-5(6(10)11)1-4-2-8-3-9-4;7-4-2-1-3-5(8)6(9)10;1-4(2)3-5(7)6(8)9;1-3-4(2)5(7)6(8)9;2*6-3(5(9)10)1-2-4(7)8;1-9-3-2-4(6)5(7)8;7-5(8)4-2-1-3-6-4;1-3(2)4(6)5(7)8;1-2(6)3(5)4(7)8;4-2(1-5)3(6)7;1-2(4)3(5)6;3-1-2(4)5/h1-4,8,11H,5,10H2,(H,12,13);1-5,8H,6,10H2,(H,11,12);2-3,5H,1,7H2,(H,8,9)(H,10,11);5H,1-4,7-8H2,(H,9,10);2*4-5H,3,7H2,1-2H3,(H,8,9);3H,1-2,6H2,(H2,7,8)(H,9,10);3H,1-2,6H2,(H,7,8)(H,9,10);4H,2-3,6H2,1H3,(H,7,8);4,6H,1-3H2,(H,7,8);3-4H,6H2,1-2H3,(H,7,8);2-3,6H,5H2,1H3,(H,7,8);2,5H,1,4H2,(H,6,7);2H,4H2,1H3,(H,5,6);1,3H2,(H,4,5)/t2*8-;3*5-;4-,5-;2*3-;3*4-;2-,3+;2*2-;/m00000000000100./s1. The van der Waals surface area contributed by atoms with Crippen molar-refractivity contribution in [2.75, 3.05) is 38.2 Å². The van der Waals surface area contributed by atoms with Crippen molar-refractivity contribution in [1.29, 1.82) is 0 Å². The van der Waals surface area contributed by atoms with E-state index in [2.05, 4.69) is 21.0 Å². The van der Waals surface area contributed by atoms with Gasteiger partial charge in [0.15, 0.2) is 0 Å². The van der Waals surface area contributed by atoms with Crippen LogP contribution >= 0.6 is 11.8 Å². The maximum absolute atomic E-state index is 10.4. The highest BCUT2D eigenvalue weighted by molar-refractivity contribution is 7.98. The monoisotopic (exact) mass is 1970 g/mol. The van der Waals surface area contributed by atoms with Gasteiger partial charge in [0, 0.05) is 31.2 Å². The van der Waals surface area contributed by atoms with Crippen LogP contribution in [0.15, 0.2) is 67.1 Å². The molecule has 1 aromatic heterocycles. The Kier molecular flexibility index (Phi) is 98.6. The average molecular weight is 1970 g/mol. The van der Waals surface area contributed by atoms with Gasteiger partial charge >= 0.3 is 95.5 Å². The number of aromatic nitrogens is 2. The van der Waals surface area contributed by atoms with Gasteiger partial charge in [0.2, 0.25) is 5.91 Å². The molecule has 53 N–H and O–H groups in total. The van der Waals surface area contributed by atoms with E-state index in [0.717, 1.165) is 61.2 Å². The number of hydrogen-bond donors (Lipinski definition) is 37. The summed E-state index contributed by atoms with van der Waals surface area (Å²) in [5, 5.41) is 160. The number of imidazole rings is 1. The lowest BCUT2D eigenvalue weighted by Gasteiger charge is -2.11. The van der Waals surface area contributed by atoms with E-state index in [0.29, 0.717) is 38.1 Å². The zero-order valence-electron chi connectivity index (χ0n) is 76.9. The van der Waals surface area contributed by atoms with Crippen LogP contribution in [0.5, 0.6) is 5.75 Å². The number of carboxylic acid groups (broad SMARTS) is 16. The van der Waals surface area contributed by atoms with E-state index >= 15 is 0 Å². The average Bonchev–Trinajstić information content (AvgIpc) is 1.66. The van der Waals surface area contributed by atoms with Crippen LogP contribution < -0.4 is 97.1 Å². The third kappa shape index (κ3) is 106. The molecule has 56 heteroatoms. The van der Waals surface area contributed by atoms with E-state index < -0.39 is 193 Å². The van der Waals surface area contributed by atoms with Gasteiger partial charge in [-0.05, 0) is 144 Å². The number of aliphatic hydroxyl groups is 2. The van der Waals surface area contributed by atoms with E-state index in [1.54, 1.807) is 43.9 Å². The number of thioether (sulfide) groups is 1. The van der Waals surface area contributed by atoms with E-state index in [9.17, 15) is 81.5 Å². The van der Waals surface area contributed by atoms with Crippen molar-refractivity contribution in [1.82, 2.24) is 15.3 Å². The van der Waals surface area contributed by atoms with Crippen LogP contribution in [-0.2, 0) is 101 Å². The van der Waals surface area contributed by atoms with E-state index in [1.807, 2.05) is 64.3 Å². The van der Waals surface area contributed by atoms with Crippen molar-refractivity contribution in [3.63, 3.8) is 0 Å². The Hall–Kier alpha value is -11.9. The first-order chi connectivity index (χ1) is 62.1. The van der Waals surface area contributed by atoms with Gasteiger partial charge in [-0.2, -0.15) is 11.8 Å². The molecule has 1 aliphatic rings. The molecule has 1 saturated heterocycles. The Morgan fingerprint density at radius 3 is 1.05 bits per heavy atom. The van der Waals surface area contributed by atoms with Crippen molar-refractivity contribution in [3.05, 3.63) is 83.9 Å². The van der Waals surface area contributed by atoms with Gasteiger partial charge in [0.05, 0.1) is 25.6 Å². The molecule has 16 atom stereocenters. The summed E-state index contributed by atoms with van der Waals surface area (Å²) in [6, 6.07) is 4.30. The minimum absolute atomic E-state index is 0.0208. The predicted octanol–water partition coefficient (Wildman–Crippen LogP) is -5.66. The number of aromatic amines is 1. The number of primary amides is 1. The number of hydrogen-bond acceptors (Lipinski definition) is 38. The predicted molar refractivity (Wildman–Crippen MR) is 492 cm³/mol. The normalized spacial score (nSPS) is 14.2. The molecule has 4 rings (SSSR count). The van der Waals surface area contributed by atoms with Gasteiger partial charge in [-0.25, -0.2) is 4.98 Å². The minimum Gasteiger partial charge on any atom is -0.508 e. The zero-order chi connectivity index (χ0) is 108. The number of amides is 1. The van der Waals surface area contributed by atoms with Gasteiger partial charge in [0.25, 0.3) is 0 Å². The van der Waals surface area contributed by atoms with Crippen molar-refractivity contribution in [2.24, 2.45) is 109 Å². The molecule has 1 fully saturated rings. The molecule has 0 saturated carbocycles. The highest BCUT2D eigenvalue weighted by Crippen LogP contribution is 2.12. The number of rotatable bonds is 41. The third-order valence-electron chi connectivity index (χ3n) is 15.7. The van der Waals surface area contributed by atoms with Crippen LogP contribution in [0.3, 0.4) is 0 Å². The number of aliphatic carboxylic acids is 16. The fourth-order valence-corrected chi connectivity index (χ4v) is 7.53. The summed E-state index contributed by atoms with van der Waals surface area (Å²) in [5.74, 6) is -15.0. The lowest BCUT2D eigenvalue weighted by atomic mass is 10.0. The quantitative estimate of drug-likeness (QED) is 0.0236. The van der Waals surface area contributed by atoms with Crippen molar-refractivity contribution >= 4 is 113 Å². The number of nitrogens with zero attached hydrogens (tertiary/aromatic N) is 1. The summed E-state index contributed by atoms with van der Waals surface area (Å²) in [6.07, 6.45) is 10.7. The van der Waals surface area contributed by atoms with Crippen molar-refractivity contribution in [3.8, 4) is 5.75 Å². The molecule has 55 nitrogen and oxygen atoms in total. The summed E-state index contributed by atoms with van der Waals surface area (Å²) < 4.78 is 0. The zero-order valence-corrected chi connectivity index (χ0v) is 77.7. The highest BCUT2D eigenvalue weighted by atomic mass is 32.2. The Labute approximate surface area is 783 Å². The molecule has 0 bridgehead atoms. The lowest BCUT2D eigenvalue weighted by Crippen LogP contribution is -2.39. The smallest absolute Gasteiger partial charge is 0.323 e. The van der Waals surface area contributed by atoms with Gasteiger partial charge in [0.1, 0.15) is 90.3 Å². The first kappa shape index (κ1) is 146. The number of carboxylic acids is 16. The number of benzene rings is 2. The molecular formula is C79H149N19O36S. The number of H-pyrrole nitrogens is 1.